The lowest BCUT2D eigenvalue weighted by Crippen LogP contribution is -2.41. The highest BCUT2D eigenvalue weighted by Crippen LogP contribution is 2.25. The number of hydrogen-bond donors (Lipinski definition) is 3. The van der Waals surface area contributed by atoms with Crippen molar-refractivity contribution in [1.29, 1.82) is 0 Å². The maximum absolute atomic E-state index is 11.5. The molecule has 9 heteroatoms. The van der Waals surface area contributed by atoms with E-state index in [1.807, 2.05) is 4.90 Å². The fraction of sp³-hybridized carbons (Fsp3) is 0.667. The molecule has 2 aliphatic heterocycles. The molecular formula is C12H20N8O. The molecule has 0 aliphatic carbocycles. The van der Waals surface area contributed by atoms with Crippen LogP contribution in [0.15, 0.2) is 0 Å². The number of nitrogens with two attached hydrogens (primary N) is 2. The number of anilines is 3. The van der Waals surface area contributed by atoms with E-state index in [-0.39, 0.29) is 11.9 Å². The third-order valence-electron chi connectivity index (χ3n) is 3.97. The van der Waals surface area contributed by atoms with Gasteiger partial charge in [-0.1, -0.05) is 0 Å². The van der Waals surface area contributed by atoms with Crippen LogP contribution in [0.1, 0.15) is 25.7 Å². The van der Waals surface area contributed by atoms with Crippen molar-refractivity contribution in [2.75, 3.05) is 34.9 Å². The summed E-state index contributed by atoms with van der Waals surface area (Å²) >= 11 is 0. The first kappa shape index (κ1) is 13.8. The molecule has 9 nitrogen and oxygen atoms in total. The first-order chi connectivity index (χ1) is 10.2. The molecule has 1 unspecified atom stereocenters. The largest absolute Gasteiger partial charge is 0.368 e. The quantitative estimate of drug-likeness (QED) is 0.487. The van der Waals surface area contributed by atoms with E-state index in [2.05, 4.69) is 25.3 Å². The van der Waals surface area contributed by atoms with Gasteiger partial charge in [0.05, 0.1) is 0 Å². The van der Waals surface area contributed by atoms with Crippen LogP contribution in [0.4, 0.5) is 17.8 Å². The first-order valence-corrected chi connectivity index (χ1v) is 7.22. The molecule has 5 N–H and O–H groups in total. The molecule has 3 heterocycles. The third-order valence-corrected chi connectivity index (χ3v) is 3.97. The van der Waals surface area contributed by atoms with Gasteiger partial charge in [-0.25, -0.2) is 5.84 Å². The predicted octanol–water partition coefficient (Wildman–Crippen LogP) is -0.788. The lowest BCUT2D eigenvalue weighted by molar-refractivity contribution is -0.119. The summed E-state index contributed by atoms with van der Waals surface area (Å²) in [5, 5.41) is 0. The SMILES string of the molecule is NNc1nc(N2CCCC2)nc(N2CCCC2C(N)=O)n1. The van der Waals surface area contributed by atoms with Crippen LogP contribution in [0, 0.1) is 0 Å². The number of nitrogens with one attached hydrogen (secondary N) is 1. The van der Waals surface area contributed by atoms with E-state index in [1.54, 1.807) is 0 Å². The van der Waals surface area contributed by atoms with E-state index < -0.39 is 0 Å². The molecule has 1 atom stereocenters. The molecule has 0 aromatic carbocycles. The van der Waals surface area contributed by atoms with Crippen LogP contribution < -0.4 is 26.8 Å². The molecule has 0 spiro atoms. The van der Waals surface area contributed by atoms with Crippen LogP contribution in [0.2, 0.25) is 0 Å². The van der Waals surface area contributed by atoms with Gasteiger partial charge in [0.2, 0.25) is 23.8 Å². The summed E-state index contributed by atoms with van der Waals surface area (Å²) < 4.78 is 0. The fourth-order valence-electron chi connectivity index (χ4n) is 2.91. The Kier molecular flexibility index (Phi) is 3.74. The number of carbonyl (C=O) groups excluding carboxylic acids is 1. The summed E-state index contributed by atoms with van der Waals surface area (Å²) in [5.41, 5.74) is 7.92. The highest BCUT2D eigenvalue weighted by Gasteiger charge is 2.32. The Morgan fingerprint density at radius 2 is 1.81 bits per heavy atom. The third kappa shape index (κ3) is 2.68. The lowest BCUT2D eigenvalue weighted by atomic mass is 10.2. The predicted molar refractivity (Wildman–Crippen MR) is 78.6 cm³/mol. The smallest absolute Gasteiger partial charge is 0.243 e. The van der Waals surface area contributed by atoms with E-state index in [1.165, 1.54) is 0 Å². The number of aromatic nitrogens is 3. The molecule has 1 aromatic heterocycles. The summed E-state index contributed by atoms with van der Waals surface area (Å²) in [7, 11) is 0. The Bertz CT molecular complexity index is 530. The van der Waals surface area contributed by atoms with Gasteiger partial charge in [0.1, 0.15) is 6.04 Å². The van der Waals surface area contributed by atoms with Crippen LogP contribution in [-0.4, -0.2) is 46.5 Å². The second kappa shape index (κ2) is 5.68. The summed E-state index contributed by atoms with van der Waals surface area (Å²) in [5.74, 6) is 6.46. The molecule has 3 rings (SSSR count). The van der Waals surface area contributed by atoms with Crippen molar-refractivity contribution >= 4 is 23.8 Å². The molecule has 0 saturated carbocycles. The van der Waals surface area contributed by atoms with Gasteiger partial charge in [0, 0.05) is 19.6 Å². The second-order valence-corrected chi connectivity index (χ2v) is 5.35. The highest BCUT2D eigenvalue weighted by molar-refractivity contribution is 5.83. The van der Waals surface area contributed by atoms with Gasteiger partial charge in [-0.15, -0.1) is 0 Å². The van der Waals surface area contributed by atoms with E-state index in [9.17, 15) is 4.79 Å². The maximum atomic E-state index is 11.5. The molecule has 1 aromatic rings. The van der Waals surface area contributed by atoms with Gasteiger partial charge in [0.25, 0.3) is 0 Å². The Hall–Kier alpha value is -2.16. The summed E-state index contributed by atoms with van der Waals surface area (Å²) in [6.07, 6.45) is 3.87. The van der Waals surface area contributed by atoms with Gasteiger partial charge in [-0.05, 0) is 25.7 Å². The van der Waals surface area contributed by atoms with Gasteiger partial charge < -0.3 is 15.5 Å². The molecular weight excluding hydrogens is 272 g/mol. The monoisotopic (exact) mass is 292 g/mol. The van der Waals surface area contributed by atoms with E-state index in [0.29, 0.717) is 24.4 Å². The maximum Gasteiger partial charge on any atom is 0.243 e. The van der Waals surface area contributed by atoms with Gasteiger partial charge in [0.15, 0.2) is 0 Å². The topological polar surface area (TPSA) is 126 Å². The minimum atomic E-state index is -0.357. The van der Waals surface area contributed by atoms with Gasteiger partial charge >= 0.3 is 0 Å². The van der Waals surface area contributed by atoms with Crippen molar-refractivity contribution in [1.82, 2.24) is 15.0 Å². The number of rotatable bonds is 4. The second-order valence-electron chi connectivity index (χ2n) is 5.35. The van der Waals surface area contributed by atoms with Crippen molar-refractivity contribution in [3.8, 4) is 0 Å². The Labute approximate surface area is 122 Å². The molecule has 114 valence electrons. The van der Waals surface area contributed by atoms with E-state index >= 15 is 0 Å². The average molecular weight is 292 g/mol. The number of amides is 1. The van der Waals surface area contributed by atoms with Crippen LogP contribution in [0.3, 0.4) is 0 Å². The minimum Gasteiger partial charge on any atom is -0.368 e. The lowest BCUT2D eigenvalue weighted by Gasteiger charge is -2.24. The summed E-state index contributed by atoms with van der Waals surface area (Å²) in [6, 6.07) is -0.357. The average Bonchev–Trinajstić information content (AvgIpc) is 3.17. The zero-order chi connectivity index (χ0) is 14.8. The fourth-order valence-corrected chi connectivity index (χ4v) is 2.91. The zero-order valence-corrected chi connectivity index (χ0v) is 11.8. The molecule has 0 bridgehead atoms. The summed E-state index contributed by atoms with van der Waals surface area (Å²) in [6.45, 7) is 2.56. The van der Waals surface area contributed by atoms with E-state index in [4.69, 9.17) is 11.6 Å². The number of nitrogen functional groups attached to an aromatic ring is 1. The molecule has 2 fully saturated rings. The standard InChI is InChI=1S/C12H20N8O/c13-9(21)8-4-3-7-20(8)12-16-10(18-14)15-11(17-12)19-5-1-2-6-19/h8H,1-7,14H2,(H2,13,21)(H,15,16,17,18). The molecule has 1 amide bonds. The molecule has 2 aliphatic rings. The van der Waals surface area contributed by atoms with Crippen molar-refractivity contribution < 1.29 is 4.79 Å². The number of primary amides is 1. The highest BCUT2D eigenvalue weighted by atomic mass is 16.1. The molecule has 21 heavy (non-hydrogen) atoms. The number of hydrazine groups is 1. The van der Waals surface area contributed by atoms with Crippen LogP contribution >= 0.6 is 0 Å². The van der Waals surface area contributed by atoms with Crippen LogP contribution in [0.5, 0.6) is 0 Å². The Morgan fingerprint density at radius 1 is 1.10 bits per heavy atom. The number of carbonyl (C=O) groups is 1. The van der Waals surface area contributed by atoms with Gasteiger partial charge in [-0.3, -0.25) is 10.2 Å². The van der Waals surface area contributed by atoms with Crippen molar-refractivity contribution in [3.63, 3.8) is 0 Å². The van der Waals surface area contributed by atoms with Crippen molar-refractivity contribution in [2.24, 2.45) is 11.6 Å². The summed E-state index contributed by atoms with van der Waals surface area (Å²) in [4.78, 5) is 28.6. The first-order valence-electron chi connectivity index (χ1n) is 7.22. The van der Waals surface area contributed by atoms with Crippen LogP contribution in [0.25, 0.3) is 0 Å². The Balaban J connectivity index is 1.93. The Morgan fingerprint density at radius 3 is 2.48 bits per heavy atom. The number of nitrogens with zero attached hydrogens (tertiary/aromatic N) is 5. The normalized spacial score (nSPS) is 21.9. The molecule has 2 saturated heterocycles. The van der Waals surface area contributed by atoms with Crippen LogP contribution in [-0.2, 0) is 4.79 Å². The van der Waals surface area contributed by atoms with Crippen molar-refractivity contribution in [3.05, 3.63) is 0 Å². The molecule has 0 radical (unpaired) electrons. The zero-order valence-electron chi connectivity index (χ0n) is 11.8. The van der Waals surface area contributed by atoms with E-state index in [0.717, 1.165) is 38.8 Å². The van der Waals surface area contributed by atoms with Crippen molar-refractivity contribution in [2.45, 2.75) is 31.7 Å². The minimum absolute atomic E-state index is 0.303. The van der Waals surface area contributed by atoms with Gasteiger partial charge in [-0.2, -0.15) is 15.0 Å². The number of hydrogen-bond acceptors (Lipinski definition) is 8.